The van der Waals surface area contributed by atoms with E-state index >= 15 is 0 Å². The van der Waals surface area contributed by atoms with Crippen LogP contribution in [0.3, 0.4) is 0 Å². The Labute approximate surface area is 613 Å². The monoisotopic (exact) mass is 1480 g/mol. The molecule has 554 valence electrons. The third kappa shape index (κ3) is 17.1. The number of alkyl halides is 6. The number of aromatic hydroxyl groups is 1. The number of piperidine rings is 3. The van der Waals surface area contributed by atoms with Gasteiger partial charge in [0.1, 0.15) is 17.2 Å². The summed E-state index contributed by atoms with van der Waals surface area (Å²) < 4.78 is 92.3. The molecule has 0 atom stereocenters. The topological polar surface area (TPSA) is 209 Å². The first-order valence-electron chi connectivity index (χ1n) is 34.6. The Morgan fingerprint density at radius 1 is 0.434 bits per heavy atom. The molecule has 3 saturated heterocycles. The van der Waals surface area contributed by atoms with Crippen LogP contribution in [0.25, 0.3) is 32.7 Å². The fourth-order valence-electron chi connectivity index (χ4n) is 13.6. The first kappa shape index (κ1) is 75.2. The number of nitrogens with zero attached hydrogens (tertiary/aromatic N) is 12. The van der Waals surface area contributed by atoms with Crippen LogP contribution >= 0.6 is 11.6 Å². The molecule has 6 amide bonds. The number of phenolic OH excluding ortho intramolecular Hbond substituents is 1. The predicted molar refractivity (Wildman–Crippen MR) is 390 cm³/mol. The lowest BCUT2D eigenvalue weighted by atomic mass is 9.98. The van der Waals surface area contributed by atoms with E-state index in [2.05, 4.69) is 15.0 Å². The Morgan fingerprint density at radius 2 is 0.726 bits per heavy atom. The minimum atomic E-state index is -2.61. The highest BCUT2D eigenvalue weighted by atomic mass is 35.5. The lowest BCUT2D eigenvalue weighted by molar-refractivity contribution is -0.0571. The molecule has 0 unspecified atom stereocenters. The highest BCUT2D eigenvalue weighted by molar-refractivity contribution is 6.62. The van der Waals surface area contributed by atoms with Crippen molar-refractivity contribution in [3.05, 3.63) is 196 Å². The predicted octanol–water partition coefficient (Wildman–Crippen LogP) is 14.6. The standard InChI is InChI=1S/2C26H26F2N4O3.C23H21F2N3O2.C3H6ClNO/c2*1-30(2)25(34)35-19-6-3-5-18(14-19)32-16-22-21(24(32)33)13-17(20-7-4-10-29-23(20)22)15-31-11-8-26(27,28)9-12-31;24-23(25)6-9-27(10-7-23)13-15-11-19-20(21-18(15)5-2-8-26-21)14-28(22(19)30)16-3-1-4-17(29)12-16;1-5(2)3(4)6/h2*3-7,10,13-14H,8-9,11-12,15-16H2,1-2H3;1-5,8,11-12,29H,6-7,9-10,13-14H2;1-2H3. The quantitative estimate of drug-likeness (QED) is 0.0725. The number of carbonyl (C=O) groups is 6. The van der Waals surface area contributed by atoms with Gasteiger partial charge in [0.25, 0.3) is 35.5 Å². The number of hydrogen-bond acceptors (Lipinski definition) is 15. The minimum absolute atomic E-state index is 0.0989. The van der Waals surface area contributed by atoms with Gasteiger partial charge in [-0.05, 0) is 101 Å². The van der Waals surface area contributed by atoms with Crippen molar-refractivity contribution in [3.8, 4) is 17.2 Å². The van der Waals surface area contributed by atoms with Gasteiger partial charge in [0.2, 0.25) is 0 Å². The third-order valence-electron chi connectivity index (χ3n) is 19.5. The fourth-order valence-corrected chi connectivity index (χ4v) is 13.6. The number of halogens is 7. The van der Waals surface area contributed by atoms with Gasteiger partial charge < -0.3 is 44.0 Å². The van der Waals surface area contributed by atoms with Gasteiger partial charge in [-0.2, -0.15) is 0 Å². The number of fused-ring (bicyclic) bond motifs is 9. The zero-order valence-electron chi connectivity index (χ0n) is 59.3. The van der Waals surface area contributed by atoms with Gasteiger partial charge in [-0.1, -0.05) is 36.4 Å². The summed E-state index contributed by atoms with van der Waals surface area (Å²) in [5.41, 5.74) is 11.0. The molecule has 6 aliphatic heterocycles. The number of rotatable bonds is 11. The molecule has 3 fully saturated rings. The summed E-state index contributed by atoms with van der Waals surface area (Å²) in [6, 6.07) is 37.4. The Hall–Kier alpha value is -10.5. The summed E-state index contributed by atoms with van der Waals surface area (Å²) in [5.74, 6) is -7.50. The second kappa shape index (κ2) is 31.3. The smallest absolute Gasteiger partial charge is 0.414 e. The number of pyridine rings is 3. The number of likely N-dealkylation sites (tertiary alicyclic amines) is 3. The molecule has 106 heavy (non-hydrogen) atoms. The van der Waals surface area contributed by atoms with Crippen molar-refractivity contribution in [2.24, 2.45) is 0 Å². The Kier molecular flexibility index (Phi) is 22.2. The van der Waals surface area contributed by atoms with Gasteiger partial charge in [0.05, 0.1) is 36.2 Å². The van der Waals surface area contributed by atoms with Gasteiger partial charge >= 0.3 is 17.6 Å². The van der Waals surface area contributed by atoms with Gasteiger partial charge in [0, 0.05) is 243 Å². The molecule has 9 heterocycles. The van der Waals surface area contributed by atoms with E-state index in [1.807, 2.05) is 69.3 Å². The Morgan fingerprint density at radius 3 is 1.01 bits per heavy atom. The average molecular weight is 1480 g/mol. The summed E-state index contributed by atoms with van der Waals surface area (Å²) in [4.78, 5) is 102. The van der Waals surface area contributed by atoms with Gasteiger partial charge in [-0.3, -0.25) is 48.8 Å². The normalized spacial score (nSPS) is 17.3. The van der Waals surface area contributed by atoms with Crippen LogP contribution in [0.4, 0.5) is 57.8 Å². The van der Waals surface area contributed by atoms with Crippen LogP contribution in [0.15, 0.2) is 146 Å². The lowest BCUT2D eigenvalue weighted by Crippen LogP contribution is -2.38. The summed E-state index contributed by atoms with van der Waals surface area (Å²) in [7, 11) is 9.57. The number of anilines is 3. The zero-order valence-corrected chi connectivity index (χ0v) is 60.1. The van der Waals surface area contributed by atoms with Crippen LogP contribution in [0, 0.1) is 0 Å². The zero-order chi connectivity index (χ0) is 75.5. The SMILES string of the molecule is CN(C)C(=O)Cl.CN(C)C(=O)Oc1cccc(N2Cc3c(cc(CN4CCC(F)(F)CC4)c4cccnc34)C2=O)c1.CN(C)C(=O)Oc1cccc(N2Cc3c(cc(CN4CCC(F)(F)CC4)c4cccnc34)C2=O)c1.O=C1c2cc(CN3CCC(F)(F)CC3)c3cccnc3c2CN1c1cccc(O)c1. The molecule has 0 spiro atoms. The van der Waals surface area contributed by atoms with Crippen molar-refractivity contribution in [1.82, 2.24) is 44.4 Å². The van der Waals surface area contributed by atoms with Crippen LogP contribution in [0.1, 0.15) is 103 Å². The summed E-state index contributed by atoms with van der Waals surface area (Å²) >= 11 is 4.90. The number of hydrogen-bond donors (Lipinski definition) is 1. The summed E-state index contributed by atoms with van der Waals surface area (Å²) in [6.45, 7) is 4.41. The molecule has 1 N–H and O–H groups in total. The molecule has 15 rings (SSSR count). The third-order valence-corrected chi connectivity index (χ3v) is 19.8. The van der Waals surface area contributed by atoms with E-state index in [9.17, 15) is 60.2 Å². The largest absolute Gasteiger partial charge is 0.508 e. The Balaban J connectivity index is 0.000000144. The summed E-state index contributed by atoms with van der Waals surface area (Å²) in [6.07, 6.45) is 3.18. The van der Waals surface area contributed by atoms with Crippen LogP contribution in [-0.2, 0) is 39.3 Å². The Bertz CT molecular complexity index is 4650. The van der Waals surface area contributed by atoms with Crippen LogP contribution in [0.5, 0.6) is 17.2 Å². The first-order valence-corrected chi connectivity index (χ1v) is 35.0. The average Bonchev–Trinajstić information content (AvgIpc) is 1.58. The molecule has 21 nitrogen and oxygen atoms in total. The molecule has 0 saturated carbocycles. The van der Waals surface area contributed by atoms with E-state index in [4.69, 9.17) is 21.1 Å². The van der Waals surface area contributed by atoms with Gasteiger partial charge in [-0.15, -0.1) is 0 Å². The minimum Gasteiger partial charge on any atom is -0.508 e. The van der Waals surface area contributed by atoms with Crippen LogP contribution in [-0.4, -0.2) is 184 Å². The second-order valence-electron chi connectivity index (χ2n) is 27.6. The maximum absolute atomic E-state index is 13.6. The molecule has 0 bridgehead atoms. The van der Waals surface area contributed by atoms with Crippen molar-refractivity contribution >= 4 is 96.6 Å². The molecule has 6 aliphatic rings. The van der Waals surface area contributed by atoms with E-state index in [0.29, 0.717) is 124 Å². The molecule has 6 aromatic carbocycles. The number of aromatic nitrogens is 3. The van der Waals surface area contributed by atoms with Gasteiger partial charge in [-0.25, -0.2) is 35.9 Å². The van der Waals surface area contributed by atoms with E-state index < -0.39 is 35.3 Å². The van der Waals surface area contributed by atoms with E-state index in [-0.39, 0.29) is 62.0 Å². The van der Waals surface area contributed by atoms with Crippen LogP contribution in [0.2, 0.25) is 0 Å². The van der Waals surface area contributed by atoms with Crippen LogP contribution < -0.4 is 24.2 Å². The molecule has 0 radical (unpaired) electrons. The molecule has 3 aromatic heterocycles. The highest BCUT2D eigenvalue weighted by Crippen LogP contribution is 2.41. The maximum Gasteiger partial charge on any atom is 0.414 e. The first-order chi connectivity index (χ1) is 50.5. The number of ether oxygens (including phenoxy) is 2. The number of benzene rings is 6. The maximum atomic E-state index is 13.6. The summed E-state index contributed by atoms with van der Waals surface area (Å²) in [5, 5.41) is 12.2. The van der Waals surface area contributed by atoms with Crippen molar-refractivity contribution in [3.63, 3.8) is 0 Å². The van der Waals surface area contributed by atoms with Crippen molar-refractivity contribution < 1.29 is 69.7 Å². The van der Waals surface area contributed by atoms with Crippen molar-refractivity contribution in [2.45, 2.75) is 95.6 Å². The second-order valence-corrected chi connectivity index (χ2v) is 28.0. The molecule has 9 aromatic rings. The molecular formula is C78H79ClF6N12O9. The number of amides is 6. The number of carbonyl (C=O) groups excluding carboxylic acids is 6. The lowest BCUT2D eigenvalue weighted by Gasteiger charge is -2.32. The highest BCUT2D eigenvalue weighted by Gasteiger charge is 2.40. The van der Waals surface area contributed by atoms with E-state index in [0.717, 1.165) is 66.1 Å². The van der Waals surface area contributed by atoms with E-state index in [1.54, 1.807) is 148 Å². The van der Waals surface area contributed by atoms with Crippen molar-refractivity contribution in [1.29, 1.82) is 0 Å². The van der Waals surface area contributed by atoms with Crippen molar-refractivity contribution in [2.75, 3.05) is 96.3 Å². The molecular weight excluding hydrogens is 1400 g/mol. The molecule has 28 heteroatoms. The van der Waals surface area contributed by atoms with Gasteiger partial charge in [0.15, 0.2) is 0 Å². The van der Waals surface area contributed by atoms with E-state index in [1.165, 1.54) is 14.7 Å². The fraction of sp³-hybridized carbons (Fsp3) is 0.346. The molecule has 0 aliphatic carbocycles. The number of phenols is 1.